The van der Waals surface area contributed by atoms with Crippen LogP contribution in [0.5, 0.6) is 0 Å². The van der Waals surface area contributed by atoms with E-state index < -0.39 is 32.3 Å². The van der Waals surface area contributed by atoms with Crippen molar-refractivity contribution in [3.63, 3.8) is 0 Å². The fourth-order valence-electron chi connectivity index (χ4n) is 2.43. The standard InChI is InChI=1S/C15H11F2N3O4S/c1-8-12(3-2-4-19-8)20-13(7-24-15(20)21)9-5-10(16)14(11(17)6-9)25(18,22)23/h2-7H,1H3,(H2,18,22,23). The predicted molar refractivity (Wildman–Crippen MR) is 83.6 cm³/mol. The molecule has 0 amide bonds. The number of benzene rings is 1. The molecule has 0 spiro atoms. The largest absolute Gasteiger partial charge is 0.424 e. The minimum Gasteiger partial charge on any atom is -0.415 e. The molecule has 2 aromatic heterocycles. The molecule has 2 N–H and O–H groups in total. The van der Waals surface area contributed by atoms with Crippen molar-refractivity contribution in [1.29, 1.82) is 0 Å². The summed E-state index contributed by atoms with van der Waals surface area (Å²) < 4.78 is 56.6. The molecule has 1 aromatic carbocycles. The lowest BCUT2D eigenvalue weighted by atomic mass is 10.1. The van der Waals surface area contributed by atoms with Gasteiger partial charge in [-0.15, -0.1) is 0 Å². The van der Waals surface area contributed by atoms with Crippen LogP contribution in [0.2, 0.25) is 0 Å². The minimum atomic E-state index is -4.58. The van der Waals surface area contributed by atoms with Crippen molar-refractivity contribution in [3.8, 4) is 16.9 Å². The van der Waals surface area contributed by atoms with Crippen LogP contribution in [0.1, 0.15) is 5.69 Å². The lowest BCUT2D eigenvalue weighted by Crippen LogP contribution is -2.17. The molecule has 25 heavy (non-hydrogen) atoms. The fourth-order valence-corrected chi connectivity index (χ4v) is 3.09. The van der Waals surface area contributed by atoms with Crippen LogP contribution in [-0.2, 0) is 10.0 Å². The summed E-state index contributed by atoms with van der Waals surface area (Å²) in [5.41, 5.74) is 0.762. The smallest absolute Gasteiger partial charge is 0.415 e. The summed E-state index contributed by atoms with van der Waals surface area (Å²) in [4.78, 5) is 14.8. The molecule has 3 rings (SSSR count). The summed E-state index contributed by atoms with van der Waals surface area (Å²) >= 11 is 0. The van der Waals surface area contributed by atoms with Crippen molar-refractivity contribution in [2.75, 3.05) is 0 Å². The molecule has 0 saturated carbocycles. The van der Waals surface area contributed by atoms with Gasteiger partial charge in [-0.3, -0.25) is 4.98 Å². The molecule has 0 bridgehead atoms. The molecule has 2 heterocycles. The first-order chi connectivity index (χ1) is 11.7. The highest BCUT2D eigenvalue weighted by atomic mass is 32.2. The van der Waals surface area contributed by atoms with E-state index in [4.69, 9.17) is 9.56 Å². The maximum atomic E-state index is 14.1. The molecule has 0 saturated heterocycles. The third-order valence-corrected chi connectivity index (χ3v) is 4.45. The van der Waals surface area contributed by atoms with Gasteiger partial charge in [-0.25, -0.2) is 31.7 Å². The van der Waals surface area contributed by atoms with Gasteiger partial charge in [0.05, 0.1) is 17.1 Å². The number of nitrogens with two attached hydrogens (primary N) is 1. The summed E-state index contributed by atoms with van der Waals surface area (Å²) in [6.07, 6.45) is 2.53. The number of pyridine rings is 1. The first kappa shape index (κ1) is 17.0. The zero-order valence-electron chi connectivity index (χ0n) is 12.7. The Bertz CT molecular complexity index is 1110. The lowest BCUT2D eigenvalue weighted by molar-refractivity contribution is 0.503. The van der Waals surface area contributed by atoms with Crippen molar-refractivity contribution in [2.45, 2.75) is 11.8 Å². The van der Waals surface area contributed by atoms with E-state index in [1.54, 1.807) is 19.1 Å². The second-order valence-electron chi connectivity index (χ2n) is 5.14. The van der Waals surface area contributed by atoms with Crippen LogP contribution in [0.15, 0.2) is 50.8 Å². The Kier molecular flexibility index (Phi) is 4.01. The Labute approximate surface area is 140 Å². The van der Waals surface area contributed by atoms with E-state index in [0.29, 0.717) is 11.4 Å². The molecule has 7 nitrogen and oxygen atoms in total. The van der Waals surface area contributed by atoms with Gasteiger partial charge in [0.1, 0.15) is 17.9 Å². The van der Waals surface area contributed by atoms with E-state index in [1.807, 2.05) is 0 Å². The number of sulfonamides is 1. The third-order valence-electron chi connectivity index (χ3n) is 3.49. The van der Waals surface area contributed by atoms with E-state index in [-0.39, 0.29) is 11.3 Å². The number of rotatable bonds is 3. The average molecular weight is 367 g/mol. The number of oxazole rings is 1. The van der Waals surface area contributed by atoms with Gasteiger partial charge in [-0.05, 0) is 31.2 Å². The summed E-state index contributed by atoms with van der Waals surface area (Å²) in [7, 11) is -4.58. The number of aromatic nitrogens is 2. The highest BCUT2D eigenvalue weighted by Crippen LogP contribution is 2.28. The van der Waals surface area contributed by atoms with Gasteiger partial charge in [-0.2, -0.15) is 0 Å². The highest BCUT2D eigenvalue weighted by molar-refractivity contribution is 7.89. The minimum absolute atomic E-state index is 0.0277. The molecule has 0 aliphatic carbocycles. The van der Waals surface area contributed by atoms with E-state index in [0.717, 1.165) is 23.0 Å². The molecular weight excluding hydrogens is 356 g/mol. The quantitative estimate of drug-likeness (QED) is 0.758. The summed E-state index contributed by atoms with van der Waals surface area (Å²) in [5, 5.41) is 4.80. The normalized spacial score (nSPS) is 11.7. The molecule has 0 fully saturated rings. The number of aryl methyl sites for hydroxylation is 1. The number of nitrogens with zero attached hydrogens (tertiary/aromatic N) is 2. The lowest BCUT2D eigenvalue weighted by Gasteiger charge is -2.10. The second-order valence-corrected chi connectivity index (χ2v) is 6.64. The van der Waals surface area contributed by atoms with Crippen LogP contribution in [0, 0.1) is 18.6 Å². The van der Waals surface area contributed by atoms with Crippen LogP contribution in [0.3, 0.4) is 0 Å². The summed E-state index contributed by atoms with van der Waals surface area (Å²) in [5.74, 6) is -3.54. The second kappa shape index (κ2) is 5.90. The Morgan fingerprint density at radius 2 is 1.88 bits per heavy atom. The predicted octanol–water partition coefficient (Wildman–Crippen LogP) is 1.73. The third kappa shape index (κ3) is 2.96. The zero-order valence-corrected chi connectivity index (χ0v) is 13.5. The van der Waals surface area contributed by atoms with Crippen LogP contribution in [-0.4, -0.2) is 18.0 Å². The molecule has 130 valence electrons. The molecule has 0 radical (unpaired) electrons. The van der Waals surface area contributed by atoms with Crippen molar-refractivity contribution in [1.82, 2.24) is 9.55 Å². The Balaban J connectivity index is 2.27. The Hall–Kier alpha value is -2.85. The Morgan fingerprint density at radius 3 is 2.44 bits per heavy atom. The number of hydrogen-bond acceptors (Lipinski definition) is 5. The molecule has 0 aliphatic rings. The summed E-state index contributed by atoms with van der Waals surface area (Å²) in [6, 6.07) is 4.68. The van der Waals surface area contributed by atoms with Crippen molar-refractivity contribution in [2.24, 2.45) is 5.14 Å². The average Bonchev–Trinajstić information content (AvgIpc) is 2.87. The fraction of sp³-hybridized carbons (Fsp3) is 0.0667. The molecule has 10 heteroatoms. The molecule has 3 aromatic rings. The van der Waals surface area contributed by atoms with E-state index in [2.05, 4.69) is 4.98 Å². The number of primary sulfonamides is 1. The van der Waals surface area contributed by atoms with Crippen LogP contribution >= 0.6 is 0 Å². The summed E-state index contributed by atoms with van der Waals surface area (Å²) in [6.45, 7) is 1.64. The number of hydrogen-bond donors (Lipinski definition) is 1. The van der Waals surface area contributed by atoms with Crippen LogP contribution in [0.25, 0.3) is 16.9 Å². The van der Waals surface area contributed by atoms with E-state index >= 15 is 0 Å². The molecule has 0 atom stereocenters. The SMILES string of the molecule is Cc1ncccc1-n1c(-c2cc(F)c(S(N)(=O)=O)c(F)c2)coc1=O. The zero-order chi connectivity index (χ0) is 18.4. The van der Waals surface area contributed by atoms with Gasteiger partial charge in [0, 0.05) is 11.8 Å². The van der Waals surface area contributed by atoms with Gasteiger partial charge >= 0.3 is 5.76 Å². The molecule has 0 unspecified atom stereocenters. The van der Waals surface area contributed by atoms with Crippen LogP contribution in [0.4, 0.5) is 8.78 Å². The highest BCUT2D eigenvalue weighted by Gasteiger charge is 2.23. The van der Waals surface area contributed by atoms with Crippen molar-refractivity contribution in [3.05, 3.63) is 64.6 Å². The molecular formula is C15H11F2N3O4S. The van der Waals surface area contributed by atoms with Crippen molar-refractivity contribution >= 4 is 10.0 Å². The first-order valence-electron chi connectivity index (χ1n) is 6.85. The molecule has 0 aliphatic heterocycles. The number of halogens is 2. The van der Waals surface area contributed by atoms with Gasteiger partial charge in [0.25, 0.3) is 0 Å². The first-order valence-corrected chi connectivity index (χ1v) is 8.39. The van der Waals surface area contributed by atoms with Gasteiger partial charge < -0.3 is 4.42 Å². The monoisotopic (exact) mass is 367 g/mol. The van der Waals surface area contributed by atoms with Crippen LogP contribution < -0.4 is 10.9 Å². The topological polar surface area (TPSA) is 108 Å². The van der Waals surface area contributed by atoms with Gasteiger partial charge in [0.15, 0.2) is 4.90 Å². The maximum Gasteiger partial charge on any atom is 0.424 e. The van der Waals surface area contributed by atoms with E-state index in [1.165, 1.54) is 6.20 Å². The van der Waals surface area contributed by atoms with Crippen molar-refractivity contribution < 1.29 is 21.6 Å². The maximum absolute atomic E-state index is 14.1. The van der Waals surface area contributed by atoms with Gasteiger partial charge in [-0.1, -0.05) is 0 Å². The van der Waals surface area contributed by atoms with Gasteiger partial charge in [0.2, 0.25) is 10.0 Å². The van der Waals surface area contributed by atoms with E-state index in [9.17, 15) is 22.0 Å². The Morgan fingerprint density at radius 1 is 1.24 bits per heavy atom.